The number of hydrogen-bond donors (Lipinski definition) is 1. The molecule has 0 aromatic carbocycles. The van der Waals surface area contributed by atoms with E-state index in [2.05, 4.69) is 14.6 Å². The van der Waals surface area contributed by atoms with Crippen LogP contribution in [0.5, 0.6) is 5.75 Å². The van der Waals surface area contributed by atoms with Gasteiger partial charge in [0.25, 0.3) is 5.91 Å². The van der Waals surface area contributed by atoms with E-state index in [1.807, 2.05) is 0 Å². The van der Waals surface area contributed by atoms with E-state index in [0.29, 0.717) is 0 Å². The van der Waals surface area contributed by atoms with Gasteiger partial charge in [0.1, 0.15) is 5.56 Å². The molecule has 0 radical (unpaired) electrons. The predicted molar refractivity (Wildman–Crippen MR) is 64.2 cm³/mol. The summed E-state index contributed by atoms with van der Waals surface area (Å²) in [4.78, 5) is 11.8. The van der Waals surface area contributed by atoms with Crippen LogP contribution in [0.2, 0.25) is 0 Å². The summed E-state index contributed by atoms with van der Waals surface area (Å²) >= 11 is 0. The number of fused-ring (bicyclic) bond motifs is 1. The molecule has 1 amide bonds. The molecular formula is C10H8F3N3O4S. The van der Waals surface area contributed by atoms with Gasteiger partial charge in [-0.05, 0) is 6.07 Å². The van der Waals surface area contributed by atoms with Crippen molar-refractivity contribution in [3.8, 4) is 5.75 Å². The van der Waals surface area contributed by atoms with E-state index in [9.17, 15) is 26.4 Å². The van der Waals surface area contributed by atoms with Crippen LogP contribution in [0.3, 0.4) is 0 Å². The van der Waals surface area contributed by atoms with Crippen LogP contribution < -0.4 is 9.50 Å². The van der Waals surface area contributed by atoms with Gasteiger partial charge in [-0.3, -0.25) is 4.79 Å². The standard InChI is InChI=1S/C10H8F3N3O4S/c1-14-9(17)8-6-2-4-15-16(6)5-3-7(8)20-21(18,19)10(11,12)13/h2-5H,1H3,(H,14,17). The highest BCUT2D eigenvalue weighted by atomic mass is 32.2. The maximum Gasteiger partial charge on any atom is 0.534 e. The van der Waals surface area contributed by atoms with Crippen molar-refractivity contribution >= 4 is 21.5 Å². The minimum Gasteiger partial charge on any atom is -0.375 e. The zero-order chi connectivity index (χ0) is 15.8. The molecule has 0 spiro atoms. The summed E-state index contributed by atoms with van der Waals surface area (Å²) in [6, 6.07) is 2.24. The molecule has 2 aromatic heterocycles. The number of halogens is 3. The van der Waals surface area contributed by atoms with E-state index < -0.39 is 27.3 Å². The fourth-order valence-corrected chi connectivity index (χ4v) is 2.04. The van der Waals surface area contributed by atoms with Crippen molar-refractivity contribution in [2.75, 3.05) is 7.05 Å². The summed E-state index contributed by atoms with van der Waals surface area (Å²) in [7, 11) is -4.64. The fraction of sp³-hybridized carbons (Fsp3) is 0.200. The van der Waals surface area contributed by atoms with E-state index in [4.69, 9.17) is 0 Å². The molecule has 1 N–H and O–H groups in total. The number of nitrogens with one attached hydrogen (secondary N) is 1. The average Bonchev–Trinajstić information content (AvgIpc) is 2.84. The first-order chi connectivity index (χ1) is 9.67. The van der Waals surface area contributed by atoms with Crippen molar-refractivity contribution in [3.63, 3.8) is 0 Å². The lowest BCUT2D eigenvalue weighted by Gasteiger charge is -2.13. The highest BCUT2D eigenvalue weighted by molar-refractivity contribution is 7.88. The lowest BCUT2D eigenvalue weighted by atomic mass is 10.2. The second-order valence-corrected chi connectivity index (χ2v) is 5.32. The van der Waals surface area contributed by atoms with Crippen molar-refractivity contribution in [2.24, 2.45) is 0 Å². The summed E-state index contributed by atoms with van der Waals surface area (Å²) in [5, 5.41) is 5.98. The highest BCUT2D eigenvalue weighted by Gasteiger charge is 2.49. The highest BCUT2D eigenvalue weighted by Crippen LogP contribution is 2.30. The zero-order valence-corrected chi connectivity index (χ0v) is 11.2. The third kappa shape index (κ3) is 2.63. The average molecular weight is 323 g/mol. The topological polar surface area (TPSA) is 89.8 Å². The van der Waals surface area contributed by atoms with Crippen LogP contribution in [0, 0.1) is 0 Å². The van der Waals surface area contributed by atoms with Crippen LogP contribution >= 0.6 is 0 Å². The molecule has 114 valence electrons. The quantitative estimate of drug-likeness (QED) is 0.670. The van der Waals surface area contributed by atoms with Gasteiger partial charge in [-0.25, -0.2) is 4.52 Å². The number of pyridine rings is 1. The summed E-state index contributed by atoms with van der Waals surface area (Å²) in [5.41, 5.74) is -5.87. The number of amides is 1. The van der Waals surface area contributed by atoms with Gasteiger partial charge in [-0.15, -0.1) is 0 Å². The Kier molecular flexibility index (Phi) is 3.53. The Morgan fingerprint density at radius 2 is 2.05 bits per heavy atom. The molecule has 2 rings (SSSR count). The first-order valence-electron chi connectivity index (χ1n) is 5.36. The smallest absolute Gasteiger partial charge is 0.375 e. The minimum atomic E-state index is -5.88. The molecule has 0 aliphatic heterocycles. The molecule has 0 aliphatic rings. The van der Waals surface area contributed by atoms with Gasteiger partial charge in [0, 0.05) is 19.3 Å². The van der Waals surface area contributed by atoms with E-state index in [1.54, 1.807) is 0 Å². The van der Waals surface area contributed by atoms with E-state index in [0.717, 1.165) is 6.07 Å². The van der Waals surface area contributed by atoms with Crippen LogP contribution in [0.25, 0.3) is 5.52 Å². The van der Waals surface area contributed by atoms with E-state index in [-0.39, 0.29) is 11.1 Å². The third-order valence-corrected chi connectivity index (χ3v) is 3.44. The molecule has 0 atom stereocenters. The second-order valence-electron chi connectivity index (χ2n) is 3.78. The Hall–Kier alpha value is -2.30. The number of aromatic nitrogens is 2. The summed E-state index contributed by atoms with van der Waals surface area (Å²) < 4.78 is 64.4. The fourth-order valence-electron chi connectivity index (χ4n) is 1.57. The van der Waals surface area contributed by atoms with Crippen molar-refractivity contribution in [3.05, 3.63) is 30.1 Å². The minimum absolute atomic E-state index is 0.101. The Labute approximate surface area is 116 Å². The number of rotatable bonds is 3. The molecule has 21 heavy (non-hydrogen) atoms. The first-order valence-corrected chi connectivity index (χ1v) is 6.77. The van der Waals surface area contributed by atoms with Crippen molar-refractivity contribution in [1.29, 1.82) is 0 Å². The van der Waals surface area contributed by atoms with Crippen molar-refractivity contribution in [2.45, 2.75) is 5.51 Å². The van der Waals surface area contributed by atoms with Crippen molar-refractivity contribution in [1.82, 2.24) is 14.9 Å². The van der Waals surface area contributed by atoms with Gasteiger partial charge in [-0.2, -0.15) is 26.7 Å². The van der Waals surface area contributed by atoms with Gasteiger partial charge >= 0.3 is 15.6 Å². The van der Waals surface area contributed by atoms with Crippen LogP contribution in [-0.2, 0) is 10.1 Å². The second kappa shape index (κ2) is 4.91. The molecular weight excluding hydrogens is 315 g/mol. The van der Waals surface area contributed by atoms with E-state index >= 15 is 0 Å². The van der Waals surface area contributed by atoms with Gasteiger partial charge < -0.3 is 9.50 Å². The number of carbonyl (C=O) groups is 1. The van der Waals surface area contributed by atoms with Crippen LogP contribution in [0.1, 0.15) is 10.4 Å². The van der Waals surface area contributed by atoms with E-state index in [1.165, 1.54) is 30.0 Å². The lowest BCUT2D eigenvalue weighted by Crippen LogP contribution is -2.29. The zero-order valence-electron chi connectivity index (χ0n) is 10.4. The molecule has 0 aliphatic carbocycles. The molecule has 2 heterocycles. The maximum absolute atomic E-state index is 12.4. The Bertz CT molecular complexity index is 797. The molecule has 0 saturated carbocycles. The molecule has 0 fully saturated rings. The summed E-state index contributed by atoms with van der Waals surface area (Å²) in [6.07, 6.45) is 2.47. The first kappa shape index (κ1) is 15.1. The van der Waals surface area contributed by atoms with Crippen LogP contribution in [0.4, 0.5) is 13.2 Å². The number of nitrogens with zero attached hydrogens (tertiary/aromatic N) is 2. The number of carbonyl (C=O) groups excluding carboxylic acids is 1. The molecule has 0 bridgehead atoms. The Balaban J connectivity index is 2.62. The predicted octanol–water partition coefficient (Wildman–Crippen LogP) is 0.922. The Morgan fingerprint density at radius 1 is 1.38 bits per heavy atom. The van der Waals surface area contributed by atoms with Gasteiger partial charge in [0.15, 0.2) is 5.75 Å². The maximum atomic E-state index is 12.4. The third-order valence-electron chi connectivity index (χ3n) is 2.48. The van der Waals surface area contributed by atoms with Gasteiger partial charge in [-0.1, -0.05) is 0 Å². The number of hydrogen-bond acceptors (Lipinski definition) is 5. The lowest BCUT2D eigenvalue weighted by molar-refractivity contribution is -0.0500. The van der Waals surface area contributed by atoms with Crippen molar-refractivity contribution < 1.29 is 30.6 Å². The summed E-state index contributed by atoms with van der Waals surface area (Å²) in [5.74, 6) is -1.55. The molecule has 2 aromatic rings. The molecule has 0 unspecified atom stereocenters. The normalized spacial score (nSPS) is 12.4. The largest absolute Gasteiger partial charge is 0.534 e. The van der Waals surface area contributed by atoms with Crippen LogP contribution in [0.15, 0.2) is 24.5 Å². The summed E-state index contributed by atoms with van der Waals surface area (Å²) in [6.45, 7) is 0. The molecule has 11 heteroatoms. The van der Waals surface area contributed by atoms with Gasteiger partial charge in [0.2, 0.25) is 0 Å². The molecule has 0 saturated heterocycles. The SMILES string of the molecule is CNC(=O)c1c(OS(=O)(=O)C(F)(F)F)ccn2nccc12. The number of alkyl halides is 3. The Morgan fingerprint density at radius 3 is 2.62 bits per heavy atom. The van der Waals surface area contributed by atoms with Gasteiger partial charge in [0.05, 0.1) is 11.7 Å². The monoisotopic (exact) mass is 323 g/mol. The van der Waals surface area contributed by atoms with Crippen LogP contribution in [-0.4, -0.2) is 36.5 Å². The molecule has 7 nitrogen and oxygen atoms in total.